The molecule has 1 heterocycles. The summed E-state index contributed by atoms with van der Waals surface area (Å²) in [6, 6.07) is 2.06. The van der Waals surface area contributed by atoms with Crippen molar-refractivity contribution in [3.8, 4) is 6.07 Å². The second kappa shape index (κ2) is 3.37. The van der Waals surface area contributed by atoms with Crippen molar-refractivity contribution in [1.29, 1.82) is 5.26 Å². The SMILES string of the molecule is N#CCCc1[nH]ncc1Br. The third-order valence-electron chi connectivity index (χ3n) is 1.15. The molecule has 0 bridgehead atoms. The van der Waals surface area contributed by atoms with Crippen LogP contribution in [0.15, 0.2) is 10.7 Å². The fourth-order valence-corrected chi connectivity index (χ4v) is 1.04. The summed E-state index contributed by atoms with van der Waals surface area (Å²) in [5.74, 6) is 0. The van der Waals surface area contributed by atoms with Crippen molar-refractivity contribution in [3.05, 3.63) is 16.4 Å². The van der Waals surface area contributed by atoms with Crippen LogP contribution in [0.1, 0.15) is 12.1 Å². The molecule has 0 aliphatic carbocycles. The van der Waals surface area contributed by atoms with Gasteiger partial charge in [0.25, 0.3) is 0 Å². The Morgan fingerprint density at radius 2 is 2.60 bits per heavy atom. The van der Waals surface area contributed by atoms with E-state index in [0.717, 1.165) is 16.6 Å². The lowest BCUT2D eigenvalue weighted by Crippen LogP contribution is -1.84. The molecule has 1 N–H and O–H groups in total. The van der Waals surface area contributed by atoms with Crippen molar-refractivity contribution in [1.82, 2.24) is 10.2 Å². The number of halogens is 1. The van der Waals surface area contributed by atoms with Crippen LogP contribution in [0.5, 0.6) is 0 Å². The topological polar surface area (TPSA) is 52.5 Å². The van der Waals surface area contributed by atoms with E-state index in [9.17, 15) is 0 Å². The van der Waals surface area contributed by atoms with Crippen LogP contribution in [0.3, 0.4) is 0 Å². The van der Waals surface area contributed by atoms with Crippen molar-refractivity contribution in [2.24, 2.45) is 0 Å². The van der Waals surface area contributed by atoms with Gasteiger partial charge in [-0.25, -0.2) is 0 Å². The highest BCUT2D eigenvalue weighted by atomic mass is 79.9. The van der Waals surface area contributed by atoms with Crippen LogP contribution < -0.4 is 0 Å². The molecule has 0 unspecified atom stereocenters. The first-order valence-corrected chi connectivity index (χ1v) is 3.68. The number of aromatic amines is 1. The molecule has 0 amide bonds. The van der Waals surface area contributed by atoms with Gasteiger partial charge in [0.05, 0.1) is 22.4 Å². The summed E-state index contributed by atoms with van der Waals surface area (Å²) in [4.78, 5) is 0. The monoisotopic (exact) mass is 199 g/mol. The van der Waals surface area contributed by atoms with Crippen LogP contribution in [0.4, 0.5) is 0 Å². The number of aromatic nitrogens is 2. The number of nitrogens with one attached hydrogen (secondary N) is 1. The highest BCUT2D eigenvalue weighted by Gasteiger charge is 1.99. The van der Waals surface area contributed by atoms with E-state index >= 15 is 0 Å². The molecule has 52 valence electrons. The zero-order chi connectivity index (χ0) is 7.40. The van der Waals surface area contributed by atoms with Crippen LogP contribution in [0.25, 0.3) is 0 Å². The fourth-order valence-electron chi connectivity index (χ4n) is 0.654. The van der Waals surface area contributed by atoms with Crippen molar-refractivity contribution in [3.63, 3.8) is 0 Å². The van der Waals surface area contributed by atoms with Gasteiger partial charge in [-0.05, 0) is 15.9 Å². The quantitative estimate of drug-likeness (QED) is 0.788. The zero-order valence-corrected chi connectivity index (χ0v) is 6.85. The van der Waals surface area contributed by atoms with Gasteiger partial charge in [0.15, 0.2) is 0 Å². The van der Waals surface area contributed by atoms with Gasteiger partial charge in [0.1, 0.15) is 0 Å². The van der Waals surface area contributed by atoms with E-state index in [1.54, 1.807) is 6.20 Å². The molecule has 0 spiro atoms. The first-order valence-electron chi connectivity index (χ1n) is 2.89. The summed E-state index contributed by atoms with van der Waals surface area (Å²) in [7, 11) is 0. The van der Waals surface area contributed by atoms with Crippen LogP contribution in [-0.2, 0) is 6.42 Å². The minimum Gasteiger partial charge on any atom is -0.281 e. The number of hydrogen-bond donors (Lipinski definition) is 1. The predicted octanol–water partition coefficient (Wildman–Crippen LogP) is 1.63. The Balaban J connectivity index is 2.59. The largest absolute Gasteiger partial charge is 0.281 e. The Hall–Kier alpha value is -0.820. The zero-order valence-electron chi connectivity index (χ0n) is 5.26. The molecule has 10 heavy (non-hydrogen) atoms. The molecule has 0 radical (unpaired) electrons. The lowest BCUT2D eigenvalue weighted by Gasteiger charge is -1.89. The average molecular weight is 200 g/mol. The third kappa shape index (κ3) is 1.58. The summed E-state index contributed by atoms with van der Waals surface area (Å²) in [6.07, 6.45) is 2.95. The molecule has 0 fully saturated rings. The standard InChI is InChI=1S/C6H6BrN3/c7-5-4-9-10-6(5)2-1-3-8/h4H,1-2H2,(H,9,10). The number of rotatable bonds is 2. The van der Waals surface area contributed by atoms with Gasteiger partial charge < -0.3 is 0 Å². The van der Waals surface area contributed by atoms with E-state index in [2.05, 4.69) is 32.2 Å². The normalized spacial score (nSPS) is 9.20. The van der Waals surface area contributed by atoms with E-state index in [1.807, 2.05) is 0 Å². The second-order valence-corrected chi connectivity index (χ2v) is 2.71. The minimum atomic E-state index is 0.529. The number of nitriles is 1. The first-order chi connectivity index (χ1) is 4.84. The minimum absolute atomic E-state index is 0.529. The number of hydrogen-bond acceptors (Lipinski definition) is 2. The molecule has 1 rings (SSSR count). The van der Waals surface area contributed by atoms with E-state index in [4.69, 9.17) is 5.26 Å². The predicted molar refractivity (Wildman–Crippen MR) is 40.2 cm³/mol. The van der Waals surface area contributed by atoms with Crippen molar-refractivity contribution in [2.75, 3.05) is 0 Å². The second-order valence-electron chi connectivity index (χ2n) is 1.85. The maximum Gasteiger partial charge on any atom is 0.0632 e. The Bertz CT molecular complexity index is 248. The Labute approximate surface area is 67.2 Å². The smallest absolute Gasteiger partial charge is 0.0632 e. The summed E-state index contributed by atoms with van der Waals surface area (Å²) < 4.78 is 0.947. The van der Waals surface area contributed by atoms with Gasteiger partial charge in [0.2, 0.25) is 0 Å². The summed E-state index contributed by atoms with van der Waals surface area (Å²) in [5.41, 5.74) is 0.988. The van der Waals surface area contributed by atoms with Gasteiger partial charge in [-0.2, -0.15) is 10.4 Å². The van der Waals surface area contributed by atoms with E-state index in [1.165, 1.54) is 0 Å². The van der Waals surface area contributed by atoms with E-state index in [0.29, 0.717) is 6.42 Å². The number of nitrogens with zero attached hydrogens (tertiary/aromatic N) is 2. The van der Waals surface area contributed by atoms with Crippen LogP contribution in [0.2, 0.25) is 0 Å². The molecular formula is C6H6BrN3. The number of aryl methyl sites for hydroxylation is 1. The molecule has 4 heteroatoms. The molecule has 0 atom stereocenters. The molecule has 1 aromatic rings. The maximum atomic E-state index is 8.26. The lowest BCUT2D eigenvalue weighted by atomic mass is 10.2. The summed E-state index contributed by atoms with van der Waals surface area (Å²) in [6.45, 7) is 0. The Morgan fingerprint density at radius 3 is 3.10 bits per heavy atom. The molecule has 0 aliphatic heterocycles. The van der Waals surface area contributed by atoms with Crippen LogP contribution in [-0.4, -0.2) is 10.2 Å². The number of H-pyrrole nitrogens is 1. The molecule has 0 aromatic carbocycles. The van der Waals surface area contributed by atoms with Gasteiger partial charge in [0, 0.05) is 12.8 Å². The van der Waals surface area contributed by atoms with Crippen LogP contribution >= 0.6 is 15.9 Å². The first kappa shape index (κ1) is 7.29. The van der Waals surface area contributed by atoms with Gasteiger partial charge >= 0.3 is 0 Å². The Morgan fingerprint density at radius 1 is 1.80 bits per heavy atom. The van der Waals surface area contributed by atoms with Crippen molar-refractivity contribution < 1.29 is 0 Å². The van der Waals surface area contributed by atoms with E-state index in [-0.39, 0.29) is 0 Å². The van der Waals surface area contributed by atoms with Gasteiger partial charge in [-0.3, -0.25) is 5.10 Å². The Kier molecular flexibility index (Phi) is 2.46. The van der Waals surface area contributed by atoms with E-state index < -0.39 is 0 Å². The van der Waals surface area contributed by atoms with Crippen LogP contribution in [0, 0.1) is 11.3 Å². The summed E-state index contributed by atoms with van der Waals surface area (Å²) >= 11 is 3.29. The molecule has 0 saturated heterocycles. The fraction of sp³-hybridized carbons (Fsp3) is 0.333. The molecule has 1 aromatic heterocycles. The highest BCUT2D eigenvalue weighted by Crippen LogP contribution is 2.13. The molecular weight excluding hydrogens is 194 g/mol. The summed E-state index contributed by atoms with van der Waals surface area (Å²) in [5, 5.41) is 14.8. The van der Waals surface area contributed by atoms with Gasteiger partial charge in [-0.15, -0.1) is 0 Å². The molecule has 3 nitrogen and oxygen atoms in total. The maximum absolute atomic E-state index is 8.26. The van der Waals surface area contributed by atoms with Crippen molar-refractivity contribution >= 4 is 15.9 Å². The average Bonchev–Trinajstić information content (AvgIpc) is 2.31. The highest BCUT2D eigenvalue weighted by molar-refractivity contribution is 9.10. The van der Waals surface area contributed by atoms with Gasteiger partial charge in [-0.1, -0.05) is 0 Å². The lowest BCUT2D eigenvalue weighted by molar-refractivity contribution is 0.918. The molecule has 0 saturated carbocycles. The van der Waals surface area contributed by atoms with Crippen molar-refractivity contribution in [2.45, 2.75) is 12.8 Å². The molecule has 0 aliphatic rings. The third-order valence-corrected chi connectivity index (χ3v) is 1.84.